The normalized spacial score (nSPS) is 29.2. The van der Waals surface area contributed by atoms with Gasteiger partial charge in [0.25, 0.3) is 5.91 Å². The number of hydrogen-bond donors (Lipinski definition) is 0. The van der Waals surface area contributed by atoms with E-state index in [1.807, 2.05) is 0 Å². The van der Waals surface area contributed by atoms with Crippen molar-refractivity contribution in [1.29, 1.82) is 0 Å². The van der Waals surface area contributed by atoms with Gasteiger partial charge in [-0.2, -0.15) is 4.99 Å². The molecule has 15 heavy (non-hydrogen) atoms. The minimum absolute atomic E-state index is 0.0137. The van der Waals surface area contributed by atoms with Crippen molar-refractivity contribution in [1.82, 2.24) is 9.80 Å². The zero-order valence-electron chi connectivity index (χ0n) is 9.27. The van der Waals surface area contributed by atoms with Gasteiger partial charge < -0.3 is 9.80 Å². The van der Waals surface area contributed by atoms with E-state index in [0.717, 1.165) is 31.2 Å². The molecule has 0 spiro atoms. The van der Waals surface area contributed by atoms with Crippen LogP contribution >= 0.6 is 11.8 Å². The molecule has 0 radical (unpaired) electrons. The number of carbonyl (C=O) groups excluding carboxylic acids is 1. The first-order chi connectivity index (χ1) is 7.16. The lowest BCUT2D eigenvalue weighted by molar-refractivity contribution is -0.115. The summed E-state index contributed by atoms with van der Waals surface area (Å²) in [7, 11) is 2.15. The molecule has 84 valence electrons. The number of aliphatic imine (C=N–C) groups is 1. The van der Waals surface area contributed by atoms with Crippen LogP contribution in [0.15, 0.2) is 4.99 Å². The average Bonchev–Trinajstić information content (AvgIpc) is 2.51. The third kappa shape index (κ3) is 2.52. The first kappa shape index (κ1) is 11.0. The number of amidine groups is 1. The lowest BCUT2D eigenvalue weighted by Gasteiger charge is -2.28. The van der Waals surface area contributed by atoms with Crippen molar-refractivity contribution in [3.05, 3.63) is 0 Å². The Balaban J connectivity index is 2.07. The Morgan fingerprint density at radius 2 is 2.27 bits per heavy atom. The second-order valence-electron chi connectivity index (χ2n) is 4.24. The van der Waals surface area contributed by atoms with Crippen LogP contribution in [0.5, 0.6) is 0 Å². The highest BCUT2D eigenvalue weighted by Gasteiger charge is 2.26. The fraction of sp³-hybridized carbons (Fsp3) is 0.800. The van der Waals surface area contributed by atoms with Crippen LogP contribution < -0.4 is 0 Å². The maximum atomic E-state index is 11.1. The molecule has 2 aliphatic rings. The highest BCUT2D eigenvalue weighted by molar-refractivity contribution is 8.14. The molecule has 0 aromatic heterocycles. The van der Waals surface area contributed by atoms with E-state index >= 15 is 0 Å². The minimum atomic E-state index is 0.0137. The summed E-state index contributed by atoms with van der Waals surface area (Å²) in [6.07, 6.45) is 1.15. The van der Waals surface area contributed by atoms with Gasteiger partial charge in [-0.25, -0.2) is 0 Å². The van der Waals surface area contributed by atoms with Crippen molar-refractivity contribution < 1.29 is 4.79 Å². The first-order valence-electron chi connectivity index (χ1n) is 5.36. The Bertz CT molecular complexity index is 292. The number of hydrogen-bond acceptors (Lipinski definition) is 4. The Morgan fingerprint density at radius 3 is 2.93 bits per heavy atom. The number of likely N-dealkylation sites (N-methyl/N-ethyl adjacent to an activating group) is 1. The van der Waals surface area contributed by atoms with Gasteiger partial charge in [0.05, 0.1) is 5.75 Å². The molecule has 2 rings (SSSR count). The van der Waals surface area contributed by atoms with E-state index in [2.05, 4.69) is 28.8 Å². The van der Waals surface area contributed by atoms with Crippen LogP contribution in [0, 0.1) is 0 Å². The second kappa shape index (κ2) is 4.53. The molecule has 0 bridgehead atoms. The van der Waals surface area contributed by atoms with Crippen molar-refractivity contribution in [3.63, 3.8) is 0 Å². The molecule has 0 aliphatic carbocycles. The molecule has 0 aromatic rings. The van der Waals surface area contributed by atoms with Gasteiger partial charge in [0.2, 0.25) is 0 Å². The maximum Gasteiger partial charge on any atom is 0.258 e. The third-order valence-corrected chi connectivity index (χ3v) is 3.81. The molecule has 0 saturated carbocycles. The van der Waals surface area contributed by atoms with E-state index in [1.165, 1.54) is 0 Å². The van der Waals surface area contributed by atoms with Crippen molar-refractivity contribution in [2.75, 3.05) is 32.4 Å². The van der Waals surface area contributed by atoms with Gasteiger partial charge in [-0.3, -0.25) is 4.79 Å². The van der Waals surface area contributed by atoms with Crippen LogP contribution in [-0.2, 0) is 4.79 Å². The maximum absolute atomic E-state index is 11.1. The number of amides is 1. The van der Waals surface area contributed by atoms with Crippen molar-refractivity contribution in [3.8, 4) is 0 Å². The Hall–Kier alpha value is -0.550. The third-order valence-electron chi connectivity index (χ3n) is 2.84. The monoisotopic (exact) mass is 227 g/mol. The first-order valence-corrected chi connectivity index (χ1v) is 6.35. The summed E-state index contributed by atoms with van der Waals surface area (Å²) in [4.78, 5) is 19.8. The van der Waals surface area contributed by atoms with E-state index in [0.29, 0.717) is 11.8 Å². The van der Waals surface area contributed by atoms with Crippen LogP contribution in [0.2, 0.25) is 0 Å². The quantitative estimate of drug-likeness (QED) is 0.608. The molecule has 4 nitrogen and oxygen atoms in total. The zero-order valence-corrected chi connectivity index (χ0v) is 10.1. The molecule has 1 amide bonds. The molecule has 0 N–H and O–H groups in total. The summed E-state index contributed by atoms with van der Waals surface area (Å²) in [5.74, 6) is 0.536. The summed E-state index contributed by atoms with van der Waals surface area (Å²) in [5, 5.41) is 0.933. The summed E-state index contributed by atoms with van der Waals surface area (Å²) in [5.41, 5.74) is 0. The van der Waals surface area contributed by atoms with Gasteiger partial charge in [0, 0.05) is 19.1 Å². The summed E-state index contributed by atoms with van der Waals surface area (Å²) < 4.78 is 0. The van der Waals surface area contributed by atoms with Gasteiger partial charge >= 0.3 is 0 Å². The molecule has 2 aliphatic heterocycles. The van der Waals surface area contributed by atoms with Gasteiger partial charge in [-0.15, -0.1) is 0 Å². The number of thioether (sulfide) groups is 1. The van der Waals surface area contributed by atoms with Crippen LogP contribution in [0.4, 0.5) is 0 Å². The van der Waals surface area contributed by atoms with Crippen LogP contribution in [0.3, 0.4) is 0 Å². The summed E-state index contributed by atoms with van der Waals surface area (Å²) >= 11 is 1.58. The molecular formula is C10H17N3OS. The minimum Gasteiger partial charge on any atom is -0.347 e. The lowest BCUT2D eigenvalue weighted by Crippen LogP contribution is -2.40. The Morgan fingerprint density at radius 1 is 1.47 bits per heavy atom. The largest absolute Gasteiger partial charge is 0.347 e. The molecule has 1 unspecified atom stereocenters. The molecule has 2 heterocycles. The molecule has 1 saturated heterocycles. The van der Waals surface area contributed by atoms with Crippen LogP contribution in [0.25, 0.3) is 0 Å². The van der Waals surface area contributed by atoms with Gasteiger partial charge in [0.1, 0.15) is 0 Å². The van der Waals surface area contributed by atoms with E-state index in [-0.39, 0.29) is 5.91 Å². The number of carbonyl (C=O) groups is 1. The number of nitrogens with zero attached hydrogens (tertiary/aromatic N) is 3. The van der Waals surface area contributed by atoms with Crippen LogP contribution in [-0.4, -0.2) is 59.4 Å². The Kier molecular flexibility index (Phi) is 3.31. The zero-order chi connectivity index (χ0) is 10.8. The fourth-order valence-corrected chi connectivity index (χ4v) is 3.02. The topological polar surface area (TPSA) is 35.9 Å². The SMILES string of the molecule is CC1CN(C)CCCN1C1=NC(=O)CS1. The molecule has 1 atom stereocenters. The van der Waals surface area contributed by atoms with E-state index in [4.69, 9.17) is 0 Å². The van der Waals surface area contributed by atoms with Crippen molar-refractivity contribution in [2.45, 2.75) is 19.4 Å². The standard InChI is InChI=1S/C10H17N3OS/c1-8-6-12(2)4-3-5-13(8)10-11-9(14)7-15-10/h8H,3-7H2,1-2H3. The molecule has 5 heteroatoms. The molecule has 0 aromatic carbocycles. The van der Waals surface area contributed by atoms with Crippen molar-refractivity contribution >= 4 is 22.8 Å². The summed E-state index contributed by atoms with van der Waals surface area (Å²) in [6.45, 7) is 5.40. The smallest absolute Gasteiger partial charge is 0.258 e. The highest BCUT2D eigenvalue weighted by Crippen LogP contribution is 2.20. The highest BCUT2D eigenvalue weighted by atomic mass is 32.2. The van der Waals surface area contributed by atoms with Gasteiger partial charge in [-0.05, 0) is 26.9 Å². The predicted octanol–water partition coefficient (Wildman–Crippen LogP) is 0.642. The fourth-order valence-electron chi connectivity index (χ4n) is 2.10. The summed E-state index contributed by atoms with van der Waals surface area (Å²) in [6, 6.07) is 0.453. The van der Waals surface area contributed by atoms with Crippen molar-refractivity contribution in [2.24, 2.45) is 4.99 Å². The van der Waals surface area contributed by atoms with E-state index in [1.54, 1.807) is 11.8 Å². The van der Waals surface area contributed by atoms with Crippen LogP contribution in [0.1, 0.15) is 13.3 Å². The van der Waals surface area contributed by atoms with Gasteiger partial charge in [0.15, 0.2) is 5.17 Å². The van der Waals surface area contributed by atoms with E-state index in [9.17, 15) is 4.79 Å². The van der Waals surface area contributed by atoms with Gasteiger partial charge in [-0.1, -0.05) is 11.8 Å². The Labute approximate surface area is 94.7 Å². The molecule has 1 fully saturated rings. The molecular weight excluding hydrogens is 210 g/mol. The number of rotatable bonds is 0. The average molecular weight is 227 g/mol. The predicted molar refractivity (Wildman–Crippen MR) is 63.2 cm³/mol. The lowest BCUT2D eigenvalue weighted by atomic mass is 10.3. The van der Waals surface area contributed by atoms with E-state index < -0.39 is 0 Å². The second-order valence-corrected chi connectivity index (χ2v) is 5.18.